The molecule has 2 heterocycles. The van der Waals surface area contributed by atoms with Gasteiger partial charge in [0.15, 0.2) is 0 Å². The van der Waals surface area contributed by atoms with E-state index in [-0.39, 0.29) is 11.8 Å². The van der Waals surface area contributed by atoms with Gasteiger partial charge in [0.2, 0.25) is 11.8 Å². The number of anilines is 1. The number of carbonyl (C=O) groups is 1. The van der Waals surface area contributed by atoms with Gasteiger partial charge in [-0.3, -0.25) is 15.2 Å². The highest BCUT2D eigenvalue weighted by Gasteiger charge is 2.12. The SMILES string of the molecule is Cc1nc(C(=O)Nc2nccnn2)n[nH]1. The molecule has 8 heteroatoms. The highest BCUT2D eigenvalue weighted by molar-refractivity contribution is 6.00. The molecule has 0 fully saturated rings. The first-order valence-corrected chi connectivity index (χ1v) is 4.10. The molecule has 0 aliphatic carbocycles. The maximum atomic E-state index is 11.5. The third kappa shape index (κ3) is 2.10. The fraction of sp³-hybridized carbons (Fsp3) is 0.143. The Bertz CT molecular complexity index is 465. The topological polar surface area (TPSA) is 109 Å². The number of carbonyl (C=O) groups excluding carboxylic acids is 1. The molecule has 0 unspecified atom stereocenters. The summed E-state index contributed by atoms with van der Waals surface area (Å²) in [4.78, 5) is 19.1. The number of hydrogen-bond acceptors (Lipinski definition) is 6. The summed E-state index contributed by atoms with van der Waals surface area (Å²) in [6.45, 7) is 1.70. The van der Waals surface area contributed by atoms with Crippen LogP contribution in [0.3, 0.4) is 0 Å². The molecule has 2 rings (SSSR count). The molecule has 0 saturated carbocycles. The Labute approximate surface area is 84.2 Å². The van der Waals surface area contributed by atoms with E-state index in [1.807, 2.05) is 0 Å². The molecular formula is C7H7N7O. The Morgan fingerprint density at radius 2 is 2.33 bits per heavy atom. The van der Waals surface area contributed by atoms with Gasteiger partial charge >= 0.3 is 0 Å². The minimum absolute atomic E-state index is 0.0416. The first-order valence-electron chi connectivity index (χ1n) is 4.10. The van der Waals surface area contributed by atoms with Crippen molar-refractivity contribution < 1.29 is 4.79 Å². The molecule has 15 heavy (non-hydrogen) atoms. The number of aromatic nitrogens is 6. The zero-order valence-electron chi connectivity index (χ0n) is 7.80. The van der Waals surface area contributed by atoms with Gasteiger partial charge in [0.25, 0.3) is 5.91 Å². The molecule has 0 atom stereocenters. The molecule has 2 N–H and O–H groups in total. The Balaban J connectivity index is 2.11. The lowest BCUT2D eigenvalue weighted by Crippen LogP contribution is -2.16. The predicted octanol–water partition coefficient (Wildman–Crippen LogP) is -0.450. The number of hydrogen-bond donors (Lipinski definition) is 2. The first-order chi connectivity index (χ1) is 7.25. The number of nitrogens with one attached hydrogen (secondary N) is 2. The maximum absolute atomic E-state index is 11.5. The van der Waals surface area contributed by atoms with Gasteiger partial charge in [0, 0.05) is 0 Å². The van der Waals surface area contributed by atoms with E-state index in [2.05, 4.69) is 35.7 Å². The number of aryl methyl sites for hydroxylation is 1. The Hall–Kier alpha value is -2.38. The van der Waals surface area contributed by atoms with Crippen molar-refractivity contribution >= 4 is 11.9 Å². The lowest BCUT2D eigenvalue weighted by Gasteiger charge is -1.97. The van der Waals surface area contributed by atoms with Crippen molar-refractivity contribution in [3.63, 3.8) is 0 Å². The molecular weight excluding hydrogens is 198 g/mol. The number of H-pyrrole nitrogens is 1. The molecule has 0 bridgehead atoms. The van der Waals surface area contributed by atoms with Gasteiger partial charge in [0.05, 0.1) is 12.4 Å². The minimum Gasteiger partial charge on any atom is -0.286 e. The second-order valence-electron chi connectivity index (χ2n) is 2.66. The fourth-order valence-corrected chi connectivity index (χ4v) is 0.907. The van der Waals surface area contributed by atoms with Gasteiger partial charge in [-0.1, -0.05) is 0 Å². The van der Waals surface area contributed by atoms with Crippen LogP contribution in [0.25, 0.3) is 0 Å². The molecule has 0 aliphatic rings. The third-order valence-corrected chi connectivity index (χ3v) is 1.51. The van der Waals surface area contributed by atoms with Crippen LogP contribution in [0.4, 0.5) is 5.95 Å². The predicted molar refractivity (Wildman–Crippen MR) is 48.9 cm³/mol. The fourth-order valence-electron chi connectivity index (χ4n) is 0.907. The monoisotopic (exact) mass is 205 g/mol. The molecule has 76 valence electrons. The summed E-state index contributed by atoms with van der Waals surface area (Å²) in [6, 6.07) is 0. The molecule has 0 aliphatic heterocycles. The summed E-state index contributed by atoms with van der Waals surface area (Å²) in [5.74, 6) is 0.240. The van der Waals surface area contributed by atoms with E-state index in [0.717, 1.165) is 0 Å². The van der Waals surface area contributed by atoms with Crippen LogP contribution in [0, 0.1) is 6.92 Å². The molecule has 8 nitrogen and oxygen atoms in total. The summed E-state index contributed by atoms with van der Waals surface area (Å²) >= 11 is 0. The summed E-state index contributed by atoms with van der Waals surface area (Å²) in [5, 5.41) is 15.8. The quantitative estimate of drug-likeness (QED) is 0.687. The van der Waals surface area contributed by atoms with Crippen LogP contribution in [0.1, 0.15) is 16.4 Å². The van der Waals surface area contributed by atoms with Crippen LogP contribution in [-0.2, 0) is 0 Å². The zero-order valence-corrected chi connectivity index (χ0v) is 7.80. The van der Waals surface area contributed by atoms with Gasteiger partial charge in [-0.15, -0.1) is 10.2 Å². The average molecular weight is 205 g/mol. The summed E-state index contributed by atoms with van der Waals surface area (Å²) in [5.41, 5.74) is 0. The molecule has 0 aromatic carbocycles. The van der Waals surface area contributed by atoms with Crippen LogP contribution in [0.15, 0.2) is 12.4 Å². The number of amides is 1. The Kier molecular flexibility index (Phi) is 2.31. The maximum Gasteiger partial charge on any atom is 0.297 e. The summed E-state index contributed by atoms with van der Waals surface area (Å²) in [6.07, 6.45) is 2.83. The highest BCUT2D eigenvalue weighted by atomic mass is 16.2. The normalized spacial score (nSPS) is 9.93. The van der Waals surface area contributed by atoms with E-state index in [9.17, 15) is 4.79 Å². The second kappa shape index (κ2) is 3.78. The number of aromatic amines is 1. The van der Waals surface area contributed by atoms with Gasteiger partial charge in [-0.2, -0.15) is 5.10 Å². The third-order valence-electron chi connectivity index (χ3n) is 1.51. The van der Waals surface area contributed by atoms with E-state index < -0.39 is 5.91 Å². The van der Waals surface area contributed by atoms with Crippen LogP contribution >= 0.6 is 0 Å². The van der Waals surface area contributed by atoms with Crippen LogP contribution in [0.5, 0.6) is 0 Å². The van der Waals surface area contributed by atoms with Gasteiger partial charge in [-0.05, 0) is 6.92 Å². The molecule has 0 saturated heterocycles. The zero-order chi connectivity index (χ0) is 10.7. The van der Waals surface area contributed by atoms with Gasteiger partial charge < -0.3 is 0 Å². The molecule has 0 radical (unpaired) electrons. The van der Waals surface area contributed by atoms with Crippen molar-refractivity contribution in [2.24, 2.45) is 0 Å². The number of nitrogens with zero attached hydrogens (tertiary/aromatic N) is 5. The van der Waals surface area contributed by atoms with Crippen molar-refractivity contribution in [1.29, 1.82) is 0 Å². The van der Waals surface area contributed by atoms with Crippen LogP contribution < -0.4 is 5.32 Å². The minimum atomic E-state index is -0.479. The molecule has 0 spiro atoms. The van der Waals surface area contributed by atoms with Crippen molar-refractivity contribution in [3.05, 3.63) is 24.0 Å². The smallest absolute Gasteiger partial charge is 0.286 e. The van der Waals surface area contributed by atoms with E-state index >= 15 is 0 Å². The largest absolute Gasteiger partial charge is 0.297 e. The average Bonchev–Trinajstić information content (AvgIpc) is 2.66. The van der Waals surface area contributed by atoms with E-state index in [4.69, 9.17) is 0 Å². The highest BCUT2D eigenvalue weighted by Crippen LogP contribution is 1.97. The van der Waals surface area contributed by atoms with Crippen LogP contribution in [-0.4, -0.2) is 36.3 Å². The van der Waals surface area contributed by atoms with E-state index in [1.54, 1.807) is 6.92 Å². The first kappa shape index (κ1) is 9.19. The van der Waals surface area contributed by atoms with Crippen molar-refractivity contribution in [2.75, 3.05) is 5.32 Å². The van der Waals surface area contributed by atoms with Crippen molar-refractivity contribution in [2.45, 2.75) is 6.92 Å². The lowest BCUT2D eigenvalue weighted by molar-refractivity contribution is 0.101. The van der Waals surface area contributed by atoms with E-state index in [1.165, 1.54) is 12.4 Å². The summed E-state index contributed by atoms with van der Waals surface area (Å²) < 4.78 is 0. The Morgan fingerprint density at radius 1 is 1.47 bits per heavy atom. The van der Waals surface area contributed by atoms with Crippen molar-refractivity contribution in [1.82, 2.24) is 30.4 Å². The van der Waals surface area contributed by atoms with Crippen molar-refractivity contribution in [3.8, 4) is 0 Å². The molecule has 1 amide bonds. The summed E-state index contributed by atoms with van der Waals surface area (Å²) in [7, 11) is 0. The number of rotatable bonds is 2. The molecule has 2 aromatic rings. The lowest BCUT2D eigenvalue weighted by atomic mass is 10.5. The van der Waals surface area contributed by atoms with Gasteiger partial charge in [0.1, 0.15) is 5.82 Å². The Morgan fingerprint density at radius 3 is 2.93 bits per heavy atom. The standard InChI is InChI=1S/C7H7N7O/c1-4-10-5(13-12-4)6(15)11-7-8-2-3-9-14-7/h2-3H,1H3,(H,10,12,13)(H,8,11,14,15). The van der Waals surface area contributed by atoms with Crippen LogP contribution in [0.2, 0.25) is 0 Å². The molecule has 2 aromatic heterocycles. The van der Waals surface area contributed by atoms with E-state index in [0.29, 0.717) is 5.82 Å². The second-order valence-corrected chi connectivity index (χ2v) is 2.66. The van der Waals surface area contributed by atoms with Gasteiger partial charge in [-0.25, -0.2) is 9.97 Å².